The molecule has 0 amide bonds. The Bertz CT molecular complexity index is 291. The lowest BCUT2D eigenvalue weighted by Crippen LogP contribution is -2.20. The van der Waals surface area contributed by atoms with Crippen molar-refractivity contribution in [2.24, 2.45) is 11.3 Å². The molecule has 15 heavy (non-hydrogen) atoms. The van der Waals surface area contributed by atoms with Gasteiger partial charge in [-0.05, 0) is 56.8 Å². The molecule has 2 rings (SSSR count). The predicted molar refractivity (Wildman–Crippen MR) is 66.8 cm³/mol. The van der Waals surface area contributed by atoms with Crippen molar-refractivity contribution >= 4 is 0 Å². The van der Waals surface area contributed by atoms with Gasteiger partial charge in [-0.3, -0.25) is 0 Å². The number of rotatable bonds is 1. The Balaban J connectivity index is 2.03. The molecule has 2 aliphatic carbocycles. The maximum atomic E-state index is 2.53. The fourth-order valence-electron chi connectivity index (χ4n) is 2.97. The molecule has 0 aliphatic heterocycles. The van der Waals surface area contributed by atoms with Crippen molar-refractivity contribution in [2.75, 3.05) is 0 Å². The van der Waals surface area contributed by atoms with E-state index in [1.165, 1.54) is 38.5 Å². The summed E-state index contributed by atoms with van der Waals surface area (Å²) in [6, 6.07) is 0. The smallest absolute Gasteiger partial charge is 0.0165 e. The SMILES string of the molecule is CC1=CC[C@H](C2=CCCC(C)(C)C2)CC1. The van der Waals surface area contributed by atoms with E-state index in [0.717, 1.165) is 5.92 Å². The van der Waals surface area contributed by atoms with E-state index in [2.05, 4.69) is 32.9 Å². The average molecular weight is 204 g/mol. The molecule has 0 aromatic heterocycles. The summed E-state index contributed by atoms with van der Waals surface area (Å²) >= 11 is 0. The van der Waals surface area contributed by atoms with Gasteiger partial charge in [-0.1, -0.05) is 37.1 Å². The topological polar surface area (TPSA) is 0 Å². The first-order valence-electron chi connectivity index (χ1n) is 6.41. The summed E-state index contributed by atoms with van der Waals surface area (Å²) in [4.78, 5) is 0. The van der Waals surface area contributed by atoms with Crippen LogP contribution in [0.1, 0.15) is 59.3 Å². The summed E-state index contributed by atoms with van der Waals surface area (Å²) in [6.07, 6.45) is 13.0. The van der Waals surface area contributed by atoms with E-state index in [-0.39, 0.29) is 0 Å². The molecule has 0 aromatic carbocycles. The molecule has 2 aliphatic rings. The van der Waals surface area contributed by atoms with E-state index >= 15 is 0 Å². The molecule has 1 atom stereocenters. The largest absolute Gasteiger partial charge is 0.0850 e. The zero-order valence-electron chi connectivity index (χ0n) is 10.5. The highest BCUT2D eigenvalue weighted by atomic mass is 14.3. The molecule has 0 heterocycles. The fourth-order valence-corrected chi connectivity index (χ4v) is 2.97. The van der Waals surface area contributed by atoms with Crippen molar-refractivity contribution in [3.63, 3.8) is 0 Å². The van der Waals surface area contributed by atoms with Crippen LogP contribution >= 0.6 is 0 Å². The Morgan fingerprint density at radius 1 is 1.27 bits per heavy atom. The number of hydrogen-bond donors (Lipinski definition) is 0. The molecule has 0 heteroatoms. The minimum absolute atomic E-state index is 0.556. The van der Waals surface area contributed by atoms with Gasteiger partial charge in [0, 0.05) is 0 Å². The molecule has 0 radical (unpaired) electrons. The molecule has 84 valence electrons. The van der Waals surface area contributed by atoms with Crippen LogP contribution in [0.15, 0.2) is 23.3 Å². The highest BCUT2D eigenvalue weighted by Crippen LogP contribution is 2.41. The van der Waals surface area contributed by atoms with E-state index in [0.29, 0.717) is 5.41 Å². The quantitative estimate of drug-likeness (QED) is 0.535. The maximum Gasteiger partial charge on any atom is -0.0165 e. The van der Waals surface area contributed by atoms with Gasteiger partial charge in [0.25, 0.3) is 0 Å². The van der Waals surface area contributed by atoms with E-state index in [1.807, 2.05) is 0 Å². The molecule has 0 saturated heterocycles. The minimum atomic E-state index is 0.556. The predicted octanol–water partition coefficient (Wildman–Crippen LogP) is 4.87. The van der Waals surface area contributed by atoms with Crippen molar-refractivity contribution in [3.8, 4) is 0 Å². The summed E-state index contributed by atoms with van der Waals surface area (Å²) < 4.78 is 0. The van der Waals surface area contributed by atoms with Crippen LogP contribution in [0.4, 0.5) is 0 Å². The minimum Gasteiger partial charge on any atom is -0.0850 e. The van der Waals surface area contributed by atoms with Crippen molar-refractivity contribution in [2.45, 2.75) is 59.3 Å². The summed E-state index contributed by atoms with van der Waals surface area (Å²) in [5.41, 5.74) is 3.91. The van der Waals surface area contributed by atoms with E-state index in [1.54, 1.807) is 11.1 Å². The normalized spacial score (nSPS) is 30.7. The second-order valence-corrected chi connectivity index (χ2v) is 6.18. The zero-order chi connectivity index (χ0) is 10.9. The molecule has 0 nitrogen and oxygen atoms in total. The van der Waals surface area contributed by atoms with Gasteiger partial charge in [0.15, 0.2) is 0 Å². The van der Waals surface area contributed by atoms with Crippen LogP contribution in [-0.4, -0.2) is 0 Å². The fraction of sp³-hybridized carbons (Fsp3) is 0.733. The number of hydrogen-bond acceptors (Lipinski definition) is 0. The van der Waals surface area contributed by atoms with E-state index in [4.69, 9.17) is 0 Å². The van der Waals surface area contributed by atoms with Crippen molar-refractivity contribution < 1.29 is 0 Å². The van der Waals surface area contributed by atoms with Crippen molar-refractivity contribution in [1.29, 1.82) is 0 Å². The third-order valence-corrected chi connectivity index (χ3v) is 4.07. The summed E-state index contributed by atoms with van der Waals surface area (Å²) in [5, 5.41) is 0. The molecular formula is C15H24. The lowest BCUT2D eigenvalue weighted by atomic mass is 9.71. The van der Waals surface area contributed by atoms with Crippen LogP contribution in [0.25, 0.3) is 0 Å². The van der Waals surface area contributed by atoms with Crippen LogP contribution < -0.4 is 0 Å². The van der Waals surface area contributed by atoms with Gasteiger partial charge < -0.3 is 0 Å². The summed E-state index contributed by atoms with van der Waals surface area (Å²) in [7, 11) is 0. The zero-order valence-corrected chi connectivity index (χ0v) is 10.5. The first-order chi connectivity index (χ1) is 7.07. The Morgan fingerprint density at radius 3 is 2.67 bits per heavy atom. The van der Waals surface area contributed by atoms with Gasteiger partial charge in [-0.15, -0.1) is 0 Å². The van der Waals surface area contributed by atoms with E-state index in [9.17, 15) is 0 Å². The summed E-state index contributed by atoms with van der Waals surface area (Å²) in [6.45, 7) is 7.11. The van der Waals surface area contributed by atoms with Gasteiger partial charge in [0.1, 0.15) is 0 Å². The Morgan fingerprint density at radius 2 is 2.07 bits per heavy atom. The molecule has 0 N–H and O–H groups in total. The van der Waals surface area contributed by atoms with Gasteiger partial charge >= 0.3 is 0 Å². The third-order valence-electron chi connectivity index (χ3n) is 4.07. The van der Waals surface area contributed by atoms with Gasteiger partial charge in [-0.2, -0.15) is 0 Å². The Hall–Kier alpha value is -0.520. The number of allylic oxidation sites excluding steroid dienone is 4. The molecular weight excluding hydrogens is 180 g/mol. The average Bonchev–Trinajstić information content (AvgIpc) is 2.17. The molecule has 0 unspecified atom stereocenters. The first-order valence-corrected chi connectivity index (χ1v) is 6.41. The molecule has 0 aromatic rings. The second-order valence-electron chi connectivity index (χ2n) is 6.18. The second kappa shape index (κ2) is 4.15. The highest BCUT2D eigenvalue weighted by molar-refractivity contribution is 5.17. The molecule has 0 spiro atoms. The molecule has 0 bridgehead atoms. The van der Waals surface area contributed by atoms with Gasteiger partial charge in [0.05, 0.1) is 0 Å². The Labute approximate surface area is 94.5 Å². The standard InChI is InChI=1S/C15H24/c1-12-6-8-13(9-7-12)14-5-4-10-15(2,3)11-14/h5-6,13H,4,7-11H2,1-3H3/t13-/m0/s1. The van der Waals surface area contributed by atoms with Crippen LogP contribution in [0.3, 0.4) is 0 Å². The van der Waals surface area contributed by atoms with Gasteiger partial charge in [-0.25, -0.2) is 0 Å². The molecule has 0 saturated carbocycles. The first kappa shape index (κ1) is 11.0. The Kier molecular flexibility index (Phi) is 3.04. The van der Waals surface area contributed by atoms with Crippen molar-refractivity contribution in [3.05, 3.63) is 23.3 Å². The van der Waals surface area contributed by atoms with Crippen molar-refractivity contribution in [1.82, 2.24) is 0 Å². The highest BCUT2D eigenvalue weighted by Gasteiger charge is 2.27. The maximum absolute atomic E-state index is 2.53. The van der Waals surface area contributed by atoms with Gasteiger partial charge in [0.2, 0.25) is 0 Å². The monoisotopic (exact) mass is 204 g/mol. The lowest BCUT2D eigenvalue weighted by molar-refractivity contribution is 0.300. The van der Waals surface area contributed by atoms with Crippen LogP contribution in [-0.2, 0) is 0 Å². The van der Waals surface area contributed by atoms with Crippen LogP contribution in [0.2, 0.25) is 0 Å². The van der Waals surface area contributed by atoms with Crippen LogP contribution in [0, 0.1) is 11.3 Å². The third kappa shape index (κ3) is 2.74. The van der Waals surface area contributed by atoms with E-state index < -0.39 is 0 Å². The molecule has 0 fully saturated rings. The van der Waals surface area contributed by atoms with Crippen LogP contribution in [0.5, 0.6) is 0 Å². The summed E-state index contributed by atoms with van der Waals surface area (Å²) in [5.74, 6) is 0.869. The lowest BCUT2D eigenvalue weighted by Gasteiger charge is -2.34.